The third-order valence-corrected chi connectivity index (χ3v) is 4.01. The summed E-state index contributed by atoms with van der Waals surface area (Å²) in [6.07, 6.45) is 0.908. The minimum Gasteiger partial charge on any atom is -0.506 e. The number of anilines is 1. The predicted molar refractivity (Wildman–Crippen MR) is 68.0 cm³/mol. The molecular formula is C11H13NO6S. The van der Waals surface area contributed by atoms with Crippen molar-refractivity contribution in [2.45, 2.75) is 12.2 Å². The minimum absolute atomic E-state index is 0.139. The maximum atomic E-state index is 11.6. The number of amides is 1. The molecule has 0 heterocycles. The van der Waals surface area contributed by atoms with Crippen molar-refractivity contribution in [3.8, 4) is 5.75 Å². The Morgan fingerprint density at radius 3 is 2.37 bits per heavy atom. The van der Waals surface area contributed by atoms with Crippen molar-refractivity contribution in [3.63, 3.8) is 0 Å². The van der Waals surface area contributed by atoms with Gasteiger partial charge in [0.1, 0.15) is 11.0 Å². The number of sulfone groups is 1. The van der Waals surface area contributed by atoms with Gasteiger partial charge >= 0.3 is 5.97 Å². The molecule has 1 aromatic rings. The fourth-order valence-electron chi connectivity index (χ4n) is 1.20. The topological polar surface area (TPSA) is 121 Å². The molecule has 0 saturated carbocycles. The van der Waals surface area contributed by atoms with E-state index in [-0.39, 0.29) is 17.0 Å². The Hall–Kier alpha value is -2.09. The Bertz CT molecular complexity index is 622. The molecule has 0 aromatic heterocycles. The van der Waals surface area contributed by atoms with Crippen molar-refractivity contribution >= 4 is 27.4 Å². The van der Waals surface area contributed by atoms with Gasteiger partial charge in [0.2, 0.25) is 5.91 Å². The van der Waals surface area contributed by atoms with Gasteiger partial charge in [0.05, 0.1) is 11.3 Å². The zero-order valence-electron chi connectivity index (χ0n) is 10.2. The monoisotopic (exact) mass is 287 g/mol. The lowest BCUT2D eigenvalue weighted by Gasteiger charge is -2.12. The van der Waals surface area contributed by atoms with Gasteiger partial charge in [-0.15, -0.1) is 0 Å². The molecule has 0 saturated heterocycles. The summed E-state index contributed by atoms with van der Waals surface area (Å²) >= 11 is 0. The molecule has 1 unspecified atom stereocenters. The van der Waals surface area contributed by atoms with Crippen LogP contribution < -0.4 is 5.32 Å². The summed E-state index contributed by atoms with van der Waals surface area (Å²) in [4.78, 5) is 22.4. The lowest BCUT2D eigenvalue weighted by molar-refractivity contribution is -0.115. The molecule has 19 heavy (non-hydrogen) atoms. The molecule has 0 aliphatic heterocycles. The number of carbonyl (C=O) groups is 2. The van der Waals surface area contributed by atoms with Gasteiger partial charge in [-0.3, -0.25) is 4.79 Å². The smallest absolute Gasteiger partial charge is 0.335 e. The molecular weight excluding hydrogens is 274 g/mol. The van der Waals surface area contributed by atoms with E-state index >= 15 is 0 Å². The maximum absolute atomic E-state index is 11.6. The summed E-state index contributed by atoms with van der Waals surface area (Å²) < 4.78 is 22.4. The molecule has 7 nitrogen and oxygen atoms in total. The van der Waals surface area contributed by atoms with Gasteiger partial charge in [-0.25, -0.2) is 13.2 Å². The summed E-state index contributed by atoms with van der Waals surface area (Å²) in [5.41, 5.74) is -0.291. The van der Waals surface area contributed by atoms with E-state index < -0.39 is 27.0 Å². The zero-order chi connectivity index (χ0) is 14.8. The van der Waals surface area contributed by atoms with Gasteiger partial charge in [-0.05, 0) is 25.1 Å². The lowest BCUT2D eigenvalue weighted by atomic mass is 10.2. The predicted octanol–water partition coefficient (Wildman–Crippen LogP) is 0.462. The van der Waals surface area contributed by atoms with Crippen molar-refractivity contribution in [1.82, 2.24) is 0 Å². The van der Waals surface area contributed by atoms with E-state index in [4.69, 9.17) is 5.11 Å². The number of aromatic hydroxyl groups is 1. The van der Waals surface area contributed by atoms with Crippen LogP contribution in [0, 0.1) is 0 Å². The van der Waals surface area contributed by atoms with Gasteiger partial charge in [0, 0.05) is 6.26 Å². The second-order valence-electron chi connectivity index (χ2n) is 4.00. The maximum Gasteiger partial charge on any atom is 0.335 e. The average molecular weight is 287 g/mol. The molecule has 1 amide bonds. The fourth-order valence-corrected chi connectivity index (χ4v) is 1.65. The van der Waals surface area contributed by atoms with Crippen LogP contribution in [0.1, 0.15) is 17.3 Å². The molecule has 1 atom stereocenters. The second-order valence-corrected chi connectivity index (χ2v) is 6.36. The van der Waals surface area contributed by atoms with E-state index in [1.54, 1.807) is 0 Å². The van der Waals surface area contributed by atoms with Crippen molar-refractivity contribution in [2.24, 2.45) is 0 Å². The lowest BCUT2D eigenvalue weighted by Crippen LogP contribution is -2.31. The van der Waals surface area contributed by atoms with Crippen molar-refractivity contribution < 1.29 is 28.2 Å². The first-order valence-electron chi connectivity index (χ1n) is 5.19. The molecule has 3 N–H and O–H groups in total. The Kier molecular flexibility index (Phi) is 4.15. The molecule has 0 bridgehead atoms. The number of hydrogen-bond donors (Lipinski definition) is 3. The van der Waals surface area contributed by atoms with Gasteiger partial charge in [0.25, 0.3) is 0 Å². The summed E-state index contributed by atoms with van der Waals surface area (Å²) in [6.45, 7) is 1.20. The first kappa shape index (κ1) is 15.0. The molecule has 0 aliphatic carbocycles. The first-order chi connectivity index (χ1) is 8.62. The number of phenols is 1. The normalized spacial score (nSPS) is 12.7. The van der Waals surface area contributed by atoms with Gasteiger partial charge in [-0.1, -0.05) is 0 Å². The highest BCUT2D eigenvalue weighted by Crippen LogP contribution is 2.24. The van der Waals surface area contributed by atoms with Crippen LogP contribution in [0.4, 0.5) is 5.69 Å². The highest BCUT2D eigenvalue weighted by atomic mass is 32.2. The Morgan fingerprint density at radius 2 is 1.89 bits per heavy atom. The van der Waals surface area contributed by atoms with Crippen molar-refractivity contribution in [3.05, 3.63) is 23.8 Å². The number of carboxylic acid groups (broad SMARTS) is 1. The minimum atomic E-state index is -3.57. The number of aromatic carboxylic acids is 1. The fraction of sp³-hybridized carbons (Fsp3) is 0.273. The van der Waals surface area contributed by atoms with E-state index in [1.165, 1.54) is 6.92 Å². The molecule has 0 aliphatic rings. The van der Waals surface area contributed by atoms with Crippen LogP contribution in [-0.4, -0.2) is 42.0 Å². The largest absolute Gasteiger partial charge is 0.506 e. The highest BCUT2D eigenvalue weighted by molar-refractivity contribution is 7.92. The third-order valence-electron chi connectivity index (χ3n) is 2.51. The summed E-state index contributed by atoms with van der Waals surface area (Å²) in [5, 5.41) is 19.2. The van der Waals surface area contributed by atoms with Crippen LogP contribution in [0.2, 0.25) is 0 Å². The SMILES string of the molecule is CC(C(=O)Nc1cc(C(=O)O)ccc1O)S(C)(=O)=O. The molecule has 0 radical (unpaired) electrons. The average Bonchev–Trinajstić information content (AvgIpc) is 2.29. The number of benzene rings is 1. The third kappa shape index (κ3) is 3.68. The number of carbonyl (C=O) groups excluding carboxylic acids is 1. The quantitative estimate of drug-likeness (QED) is 0.692. The van der Waals surface area contributed by atoms with Crippen LogP contribution in [0.25, 0.3) is 0 Å². The number of carboxylic acids is 1. The molecule has 1 rings (SSSR count). The van der Waals surface area contributed by atoms with E-state index in [0.717, 1.165) is 24.5 Å². The Labute approximate surface area is 109 Å². The first-order valence-corrected chi connectivity index (χ1v) is 7.14. The van der Waals surface area contributed by atoms with Crippen LogP contribution in [-0.2, 0) is 14.6 Å². The van der Waals surface area contributed by atoms with Gasteiger partial charge in [-0.2, -0.15) is 0 Å². The van der Waals surface area contributed by atoms with Gasteiger partial charge in [0.15, 0.2) is 9.84 Å². The van der Waals surface area contributed by atoms with Crippen LogP contribution in [0.5, 0.6) is 5.75 Å². The van der Waals surface area contributed by atoms with E-state index in [1.807, 2.05) is 0 Å². The molecule has 1 aromatic carbocycles. The zero-order valence-corrected chi connectivity index (χ0v) is 11.1. The number of rotatable bonds is 4. The van der Waals surface area contributed by atoms with Crippen LogP contribution in [0.15, 0.2) is 18.2 Å². The Morgan fingerprint density at radius 1 is 1.32 bits per heavy atom. The van der Waals surface area contributed by atoms with E-state index in [0.29, 0.717) is 0 Å². The summed E-state index contributed by atoms with van der Waals surface area (Å²) in [5.74, 6) is -2.42. The molecule has 104 valence electrons. The highest BCUT2D eigenvalue weighted by Gasteiger charge is 2.24. The van der Waals surface area contributed by atoms with Crippen LogP contribution >= 0.6 is 0 Å². The van der Waals surface area contributed by atoms with Crippen molar-refractivity contribution in [1.29, 1.82) is 0 Å². The molecule has 0 fully saturated rings. The number of phenolic OH excluding ortho intramolecular Hbond substituents is 1. The number of nitrogens with one attached hydrogen (secondary N) is 1. The molecule has 0 spiro atoms. The summed E-state index contributed by atoms with van der Waals surface area (Å²) in [6, 6.07) is 3.31. The van der Waals surface area contributed by atoms with Crippen LogP contribution in [0.3, 0.4) is 0 Å². The second kappa shape index (κ2) is 5.27. The van der Waals surface area contributed by atoms with E-state index in [9.17, 15) is 23.1 Å². The summed E-state index contributed by atoms with van der Waals surface area (Å²) in [7, 11) is -3.57. The number of hydrogen-bond acceptors (Lipinski definition) is 5. The standard InChI is InChI=1S/C11H13NO6S/c1-6(19(2,17)18)10(14)12-8-5-7(11(15)16)3-4-9(8)13/h3-6,13H,1-2H3,(H,12,14)(H,15,16). The van der Waals surface area contributed by atoms with E-state index in [2.05, 4.69) is 5.32 Å². The van der Waals surface area contributed by atoms with Crippen molar-refractivity contribution in [2.75, 3.05) is 11.6 Å². The Balaban J connectivity index is 3.03. The van der Waals surface area contributed by atoms with Gasteiger partial charge < -0.3 is 15.5 Å². The molecule has 8 heteroatoms.